The summed E-state index contributed by atoms with van der Waals surface area (Å²) in [7, 11) is 0. The summed E-state index contributed by atoms with van der Waals surface area (Å²) < 4.78 is 0. The highest BCUT2D eigenvalue weighted by Crippen LogP contribution is 2.18. The Balaban J connectivity index is 2.08. The van der Waals surface area contributed by atoms with E-state index in [1.807, 2.05) is 0 Å². The van der Waals surface area contributed by atoms with Crippen LogP contribution < -0.4 is 10.3 Å². The maximum absolute atomic E-state index is 9.30. The lowest BCUT2D eigenvalue weighted by Gasteiger charge is -2.21. The third kappa shape index (κ3) is 0.814. The van der Waals surface area contributed by atoms with Gasteiger partial charge in [0.1, 0.15) is 6.54 Å². The van der Waals surface area contributed by atoms with Crippen molar-refractivity contribution in [2.24, 2.45) is 11.8 Å². The Bertz CT molecular complexity index is 167. The summed E-state index contributed by atoms with van der Waals surface area (Å²) in [6.07, 6.45) is 1.09. The molecular weight excluding hydrogens is 128 g/mol. The quantitative estimate of drug-likeness (QED) is 0.375. The molecule has 0 radical (unpaired) electrons. The molecule has 10 heavy (non-hydrogen) atoms. The van der Waals surface area contributed by atoms with Crippen LogP contribution in [0.5, 0.6) is 0 Å². The van der Waals surface area contributed by atoms with E-state index in [-0.39, 0.29) is 0 Å². The standard InChI is InChI=1S/C7H12N2O/c10-7-6-1-2-8-3-5(6)4-9-7/h5-6,8H,1-4H2,(H,9,10)/p+1. The monoisotopic (exact) mass is 141 g/mol. The second-order valence-corrected chi connectivity index (χ2v) is 3.13. The molecule has 2 unspecified atom stereocenters. The Morgan fingerprint density at radius 2 is 2.50 bits per heavy atom. The lowest BCUT2D eigenvalue weighted by Crippen LogP contribution is -2.70. The third-order valence-electron chi connectivity index (χ3n) is 2.50. The molecule has 3 heteroatoms. The molecule has 2 atom stereocenters. The van der Waals surface area contributed by atoms with Crippen LogP contribution in [0.25, 0.3) is 0 Å². The van der Waals surface area contributed by atoms with Gasteiger partial charge in [-0.3, -0.25) is 0 Å². The molecule has 0 bridgehead atoms. The highest BCUT2D eigenvalue weighted by atomic mass is 16.3. The minimum atomic E-state index is 0.432. The first-order valence-corrected chi connectivity index (χ1v) is 3.88. The van der Waals surface area contributed by atoms with Gasteiger partial charge in [0.2, 0.25) is 0 Å². The lowest BCUT2D eigenvalue weighted by molar-refractivity contribution is -0.461. The van der Waals surface area contributed by atoms with Crippen molar-refractivity contribution in [3.63, 3.8) is 0 Å². The maximum Gasteiger partial charge on any atom is 0.335 e. The van der Waals surface area contributed by atoms with Crippen molar-refractivity contribution >= 4 is 5.90 Å². The van der Waals surface area contributed by atoms with Crippen LogP contribution in [0.2, 0.25) is 0 Å². The van der Waals surface area contributed by atoms with E-state index in [2.05, 4.69) is 10.3 Å². The zero-order chi connectivity index (χ0) is 6.97. The van der Waals surface area contributed by atoms with Crippen LogP contribution in [-0.4, -0.2) is 30.6 Å². The van der Waals surface area contributed by atoms with E-state index in [1.165, 1.54) is 0 Å². The Hall–Kier alpha value is -0.570. The Morgan fingerprint density at radius 3 is 3.30 bits per heavy atom. The molecule has 2 aliphatic rings. The number of nitrogens with one attached hydrogen (secondary N) is 2. The number of aliphatic hydroxyl groups is 1. The van der Waals surface area contributed by atoms with Gasteiger partial charge >= 0.3 is 5.90 Å². The molecule has 0 aromatic rings. The van der Waals surface area contributed by atoms with Gasteiger partial charge in [-0.2, -0.15) is 0 Å². The smallest absolute Gasteiger partial charge is 0.335 e. The molecule has 3 nitrogen and oxygen atoms in total. The summed E-state index contributed by atoms with van der Waals surface area (Å²) in [5.41, 5.74) is 0. The van der Waals surface area contributed by atoms with Crippen LogP contribution in [0, 0.1) is 11.8 Å². The lowest BCUT2D eigenvalue weighted by atomic mass is 9.89. The maximum atomic E-state index is 9.30. The zero-order valence-electron chi connectivity index (χ0n) is 5.93. The molecule has 0 saturated carbocycles. The number of hydrogen-bond acceptors (Lipinski definition) is 1. The molecule has 0 aromatic heterocycles. The first-order chi connectivity index (χ1) is 4.88. The van der Waals surface area contributed by atoms with Crippen LogP contribution in [0.15, 0.2) is 0 Å². The minimum Gasteiger partial charge on any atom is -0.463 e. The molecule has 0 amide bonds. The van der Waals surface area contributed by atoms with Crippen LogP contribution in [0.3, 0.4) is 0 Å². The summed E-state index contributed by atoms with van der Waals surface area (Å²) >= 11 is 0. The molecule has 56 valence electrons. The van der Waals surface area contributed by atoms with Gasteiger partial charge in [-0.1, -0.05) is 0 Å². The molecule has 1 saturated heterocycles. The Kier molecular flexibility index (Phi) is 1.38. The average molecular weight is 141 g/mol. The second-order valence-electron chi connectivity index (χ2n) is 3.13. The van der Waals surface area contributed by atoms with Crippen molar-refractivity contribution < 1.29 is 10.1 Å². The zero-order valence-corrected chi connectivity index (χ0v) is 5.93. The molecule has 2 rings (SSSR count). The summed E-state index contributed by atoms with van der Waals surface area (Å²) in [4.78, 5) is 2.99. The molecule has 2 heterocycles. The SMILES string of the molecule is OC1=[NH+]CC2CNCCC12. The van der Waals surface area contributed by atoms with Gasteiger partial charge in [0.15, 0.2) is 0 Å². The van der Waals surface area contributed by atoms with Crippen LogP contribution in [-0.2, 0) is 0 Å². The molecular formula is C7H13N2O+. The Morgan fingerprint density at radius 1 is 1.60 bits per heavy atom. The highest BCUT2D eigenvalue weighted by molar-refractivity contribution is 5.72. The highest BCUT2D eigenvalue weighted by Gasteiger charge is 2.38. The molecule has 0 aromatic carbocycles. The largest absolute Gasteiger partial charge is 0.463 e. The van der Waals surface area contributed by atoms with Gasteiger partial charge in [-0.15, -0.1) is 0 Å². The van der Waals surface area contributed by atoms with Crippen molar-refractivity contribution in [3.8, 4) is 0 Å². The van der Waals surface area contributed by atoms with Crippen molar-refractivity contribution in [1.29, 1.82) is 0 Å². The number of aliphatic hydroxyl groups excluding tert-OH is 1. The van der Waals surface area contributed by atoms with E-state index in [4.69, 9.17) is 0 Å². The summed E-state index contributed by atoms with van der Waals surface area (Å²) in [6, 6.07) is 0. The Labute approximate surface area is 60.2 Å². The van der Waals surface area contributed by atoms with Crippen molar-refractivity contribution in [2.75, 3.05) is 19.6 Å². The van der Waals surface area contributed by atoms with E-state index in [9.17, 15) is 5.11 Å². The molecule has 1 fully saturated rings. The van der Waals surface area contributed by atoms with Crippen LogP contribution in [0.1, 0.15) is 6.42 Å². The third-order valence-corrected chi connectivity index (χ3v) is 2.50. The second kappa shape index (κ2) is 2.23. The van der Waals surface area contributed by atoms with Crippen LogP contribution in [0.4, 0.5) is 0 Å². The average Bonchev–Trinajstić information content (AvgIpc) is 2.34. The van der Waals surface area contributed by atoms with E-state index >= 15 is 0 Å². The van der Waals surface area contributed by atoms with E-state index in [1.54, 1.807) is 0 Å². The predicted octanol–water partition coefficient (Wildman–Crippen LogP) is -1.74. The fraction of sp³-hybridized carbons (Fsp3) is 0.857. The van der Waals surface area contributed by atoms with Crippen molar-refractivity contribution in [2.45, 2.75) is 6.42 Å². The van der Waals surface area contributed by atoms with Gasteiger partial charge in [0.05, 0.1) is 5.92 Å². The fourth-order valence-electron chi connectivity index (χ4n) is 1.86. The van der Waals surface area contributed by atoms with E-state index in [0.29, 0.717) is 17.7 Å². The topological polar surface area (TPSA) is 46.2 Å². The number of fused-ring (bicyclic) bond motifs is 1. The fourth-order valence-corrected chi connectivity index (χ4v) is 1.86. The first-order valence-electron chi connectivity index (χ1n) is 3.88. The van der Waals surface area contributed by atoms with E-state index in [0.717, 1.165) is 26.1 Å². The predicted molar refractivity (Wildman–Crippen MR) is 37.9 cm³/mol. The number of hydrogen-bond donors (Lipinski definition) is 3. The number of piperidine rings is 1. The van der Waals surface area contributed by atoms with Gasteiger partial charge in [-0.25, -0.2) is 4.99 Å². The summed E-state index contributed by atoms with van der Waals surface area (Å²) in [5.74, 6) is 1.58. The molecule has 0 spiro atoms. The van der Waals surface area contributed by atoms with Crippen molar-refractivity contribution in [1.82, 2.24) is 5.32 Å². The van der Waals surface area contributed by atoms with Gasteiger partial charge in [0, 0.05) is 12.5 Å². The number of rotatable bonds is 0. The van der Waals surface area contributed by atoms with Gasteiger partial charge in [0.25, 0.3) is 0 Å². The van der Waals surface area contributed by atoms with Gasteiger partial charge < -0.3 is 10.4 Å². The minimum absolute atomic E-state index is 0.432. The normalized spacial score (nSPS) is 39.0. The molecule has 3 N–H and O–H groups in total. The molecule has 2 aliphatic heterocycles. The van der Waals surface area contributed by atoms with Crippen LogP contribution >= 0.6 is 0 Å². The van der Waals surface area contributed by atoms with Gasteiger partial charge in [-0.05, 0) is 13.0 Å². The summed E-state index contributed by atoms with van der Waals surface area (Å²) in [6.45, 7) is 3.05. The van der Waals surface area contributed by atoms with E-state index < -0.39 is 0 Å². The van der Waals surface area contributed by atoms with Crippen molar-refractivity contribution in [3.05, 3.63) is 0 Å². The summed E-state index contributed by atoms with van der Waals surface area (Å²) in [5, 5.41) is 12.6. The first kappa shape index (κ1) is 6.16. The molecule has 0 aliphatic carbocycles.